The van der Waals surface area contributed by atoms with Gasteiger partial charge >= 0.3 is 0 Å². The second-order valence-corrected chi connectivity index (χ2v) is 6.42. The lowest BCUT2D eigenvalue weighted by Crippen LogP contribution is -2.45. The maximum absolute atomic E-state index is 5.17. The molecule has 3 nitrogen and oxygen atoms in total. The molecule has 21 heavy (non-hydrogen) atoms. The Bertz CT molecular complexity index is 396. The van der Waals surface area contributed by atoms with Crippen LogP contribution in [0.3, 0.4) is 0 Å². The lowest BCUT2D eigenvalue weighted by molar-refractivity contribution is 0.177. The first-order valence-corrected chi connectivity index (χ1v) is 8.23. The molecule has 2 rings (SSSR count). The third-order valence-electron chi connectivity index (χ3n) is 4.32. The zero-order valence-electron chi connectivity index (χ0n) is 13.8. The van der Waals surface area contributed by atoms with E-state index in [1.54, 1.807) is 7.11 Å². The van der Waals surface area contributed by atoms with E-state index in [1.165, 1.54) is 36.9 Å². The molecule has 0 bridgehead atoms. The van der Waals surface area contributed by atoms with Crippen LogP contribution >= 0.6 is 0 Å². The standard InChI is InChI=1S/C18H30N2O/c1-15(2)20(13-18-6-4-5-11-19-18)12-16-7-9-17(10-8-16)14-21-3/h7-10,15,18-19H,4-6,11-14H2,1-3H3. The average molecular weight is 290 g/mol. The summed E-state index contributed by atoms with van der Waals surface area (Å²) in [7, 11) is 1.74. The molecule has 1 heterocycles. The van der Waals surface area contributed by atoms with Crippen LogP contribution in [0.1, 0.15) is 44.2 Å². The molecule has 1 aliphatic rings. The quantitative estimate of drug-likeness (QED) is 0.834. The van der Waals surface area contributed by atoms with Crippen molar-refractivity contribution in [1.29, 1.82) is 0 Å². The Morgan fingerprint density at radius 2 is 1.90 bits per heavy atom. The molecule has 0 radical (unpaired) electrons. The molecule has 118 valence electrons. The van der Waals surface area contributed by atoms with Gasteiger partial charge in [0.25, 0.3) is 0 Å². The summed E-state index contributed by atoms with van der Waals surface area (Å²) in [5.41, 5.74) is 2.63. The molecule has 1 fully saturated rings. The van der Waals surface area contributed by atoms with Crippen molar-refractivity contribution in [3.8, 4) is 0 Å². The number of hydrogen-bond acceptors (Lipinski definition) is 3. The van der Waals surface area contributed by atoms with Gasteiger partial charge in [0, 0.05) is 32.3 Å². The lowest BCUT2D eigenvalue weighted by atomic mass is 10.0. The van der Waals surface area contributed by atoms with E-state index >= 15 is 0 Å². The number of hydrogen-bond donors (Lipinski definition) is 1. The summed E-state index contributed by atoms with van der Waals surface area (Å²) in [5, 5.41) is 3.66. The van der Waals surface area contributed by atoms with Crippen LogP contribution in [-0.4, -0.2) is 37.2 Å². The molecule has 1 saturated heterocycles. The van der Waals surface area contributed by atoms with Crippen molar-refractivity contribution in [2.75, 3.05) is 20.2 Å². The van der Waals surface area contributed by atoms with E-state index < -0.39 is 0 Å². The Hall–Kier alpha value is -0.900. The number of rotatable bonds is 7. The van der Waals surface area contributed by atoms with Crippen LogP contribution in [0.5, 0.6) is 0 Å². The first-order chi connectivity index (χ1) is 10.2. The van der Waals surface area contributed by atoms with Gasteiger partial charge in [-0.25, -0.2) is 0 Å². The van der Waals surface area contributed by atoms with E-state index in [1.807, 2.05) is 0 Å². The van der Waals surface area contributed by atoms with Gasteiger partial charge in [0.2, 0.25) is 0 Å². The number of methoxy groups -OCH3 is 1. The largest absolute Gasteiger partial charge is 0.380 e. The van der Waals surface area contributed by atoms with Gasteiger partial charge in [-0.1, -0.05) is 30.7 Å². The summed E-state index contributed by atoms with van der Waals surface area (Å²) in [5.74, 6) is 0. The second kappa shape index (κ2) is 8.52. The molecule has 1 atom stereocenters. The van der Waals surface area contributed by atoms with Gasteiger partial charge < -0.3 is 10.1 Å². The Morgan fingerprint density at radius 1 is 1.19 bits per heavy atom. The topological polar surface area (TPSA) is 24.5 Å². The minimum absolute atomic E-state index is 0.576. The Balaban J connectivity index is 1.91. The molecule has 0 aromatic heterocycles. The fraction of sp³-hybridized carbons (Fsp3) is 0.667. The van der Waals surface area contributed by atoms with Crippen LogP contribution in [0.4, 0.5) is 0 Å². The monoisotopic (exact) mass is 290 g/mol. The molecular formula is C18H30N2O. The minimum atomic E-state index is 0.576. The first kappa shape index (κ1) is 16.5. The molecule has 1 unspecified atom stereocenters. The summed E-state index contributed by atoms with van der Waals surface area (Å²) in [6.07, 6.45) is 4.02. The molecule has 0 amide bonds. The van der Waals surface area contributed by atoms with Gasteiger partial charge in [-0.3, -0.25) is 4.90 Å². The summed E-state index contributed by atoms with van der Waals surface area (Å²) in [4.78, 5) is 2.58. The van der Waals surface area contributed by atoms with E-state index in [-0.39, 0.29) is 0 Å². The van der Waals surface area contributed by atoms with Crippen molar-refractivity contribution in [3.63, 3.8) is 0 Å². The zero-order valence-corrected chi connectivity index (χ0v) is 13.8. The maximum atomic E-state index is 5.17. The van der Waals surface area contributed by atoms with E-state index in [2.05, 4.69) is 48.3 Å². The second-order valence-electron chi connectivity index (χ2n) is 6.42. The molecule has 1 aliphatic heterocycles. The Morgan fingerprint density at radius 3 is 2.48 bits per heavy atom. The predicted octanol–water partition coefficient (Wildman–Crippen LogP) is 3.19. The van der Waals surface area contributed by atoms with E-state index in [0.29, 0.717) is 18.7 Å². The van der Waals surface area contributed by atoms with Crippen molar-refractivity contribution in [2.24, 2.45) is 0 Å². The highest BCUT2D eigenvalue weighted by atomic mass is 16.5. The van der Waals surface area contributed by atoms with Crippen molar-refractivity contribution < 1.29 is 4.74 Å². The highest BCUT2D eigenvalue weighted by Gasteiger charge is 2.18. The Kier molecular flexibility index (Phi) is 6.68. The first-order valence-electron chi connectivity index (χ1n) is 8.23. The summed E-state index contributed by atoms with van der Waals surface area (Å²) in [6, 6.07) is 10.1. The molecule has 3 heteroatoms. The predicted molar refractivity (Wildman–Crippen MR) is 88.3 cm³/mol. The van der Waals surface area contributed by atoms with Crippen LogP contribution in [0, 0.1) is 0 Å². The van der Waals surface area contributed by atoms with Gasteiger partial charge in [-0.15, -0.1) is 0 Å². The highest BCUT2D eigenvalue weighted by molar-refractivity contribution is 5.22. The number of benzene rings is 1. The Labute approximate surface area is 129 Å². The SMILES string of the molecule is COCc1ccc(CN(CC2CCCCN2)C(C)C)cc1. The number of piperidine rings is 1. The third kappa shape index (κ3) is 5.42. The molecule has 1 aromatic carbocycles. The van der Waals surface area contributed by atoms with Crippen LogP contribution in [0.2, 0.25) is 0 Å². The van der Waals surface area contributed by atoms with Crippen molar-refractivity contribution in [1.82, 2.24) is 10.2 Å². The van der Waals surface area contributed by atoms with Crippen LogP contribution in [0.15, 0.2) is 24.3 Å². The van der Waals surface area contributed by atoms with Crippen LogP contribution < -0.4 is 5.32 Å². The number of nitrogens with one attached hydrogen (secondary N) is 1. The summed E-state index contributed by atoms with van der Waals surface area (Å²) >= 11 is 0. The fourth-order valence-corrected chi connectivity index (χ4v) is 2.96. The molecule has 0 aliphatic carbocycles. The van der Waals surface area contributed by atoms with Gasteiger partial charge in [-0.05, 0) is 44.4 Å². The van der Waals surface area contributed by atoms with E-state index in [0.717, 1.165) is 13.1 Å². The van der Waals surface area contributed by atoms with Crippen LogP contribution in [0.25, 0.3) is 0 Å². The maximum Gasteiger partial charge on any atom is 0.0713 e. The molecule has 0 saturated carbocycles. The normalized spacial score (nSPS) is 19.4. The van der Waals surface area contributed by atoms with Crippen molar-refractivity contribution in [3.05, 3.63) is 35.4 Å². The molecule has 1 N–H and O–H groups in total. The molecule has 1 aromatic rings. The molecular weight excluding hydrogens is 260 g/mol. The van der Waals surface area contributed by atoms with Gasteiger partial charge in [0.15, 0.2) is 0 Å². The van der Waals surface area contributed by atoms with Gasteiger partial charge in [-0.2, -0.15) is 0 Å². The van der Waals surface area contributed by atoms with Crippen LogP contribution in [-0.2, 0) is 17.9 Å². The number of ether oxygens (including phenoxy) is 1. The fourth-order valence-electron chi connectivity index (χ4n) is 2.96. The number of nitrogens with zero attached hydrogens (tertiary/aromatic N) is 1. The lowest BCUT2D eigenvalue weighted by Gasteiger charge is -2.33. The smallest absolute Gasteiger partial charge is 0.0713 e. The van der Waals surface area contributed by atoms with Crippen molar-refractivity contribution in [2.45, 2.75) is 58.3 Å². The highest BCUT2D eigenvalue weighted by Crippen LogP contribution is 2.14. The van der Waals surface area contributed by atoms with Crippen molar-refractivity contribution >= 4 is 0 Å². The summed E-state index contributed by atoms with van der Waals surface area (Å²) < 4.78 is 5.17. The average Bonchev–Trinajstić information content (AvgIpc) is 2.50. The summed E-state index contributed by atoms with van der Waals surface area (Å²) in [6.45, 7) is 8.65. The van der Waals surface area contributed by atoms with Gasteiger partial charge in [0.05, 0.1) is 6.61 Å². The van der Waals surface area contributed by atoms with E-state index in [4.69, 9.17) is 4.74 Å². The molecule has 0 spiro atoms. The van der Waals surface area contributed by atoms with Gasteiger partial charge in [0.1, 0.15) is 0 Å². The minimum Gasteiger partial charge on any atom is -0.380 e. The van der Waals surface area contributed by atoms with E-state index in [9.17, 15) is 0 Å². The zero-order chi connectivity index (χ0) is 15.1. The third-order valence-corrected chi connectivity index (χ3v) is 4.32.